The normalized spacial score (nSPS) is 12.1. The van der Waals surface area contributed by atoms with Crippen molar-refractivity contribution in [2.45, 2.75) is 6.16 Å². The van der Waals surface area contributed by atoms with Crippen molar-refractivity contribution in [3.05, 3.63) is 60.2 Å². The third-order valence-electron chi connectivity index (χ3n) is 2.52. The molecule has 0 aliphatic rings. The van der Waals surface area contributed by atoms with Crippen molar-refractivity contribution >= 4 is 23.8 Å². The second-order valence-corrected chi connectivity index (χ2v) is 6.49. The van der Waals surface area contributed by atoms with Crippen LogP contribution >= 0.6 is 18.5 Å². The Hall–Kier alpha value is -1.04. The van der Waals surface area contributed by atoms with E-state index in [0.717, 1.165) is 11.9 Å². The number of halogens is 1. The highest BCUT2D eigenvalue weighted by atomic mass is 35.7. The van der Waals surface area contributed by atoms with E-state index in [-0.39, 0.29) is 0 Å². The lowest BCUT2D eigenvalue weighted by Crippen LogP contribution is -1.97. The average Bonchev–Trinajstić information content (AvgIpc) is 2.40. The maximum atomic E-state index is 6.45. The van der Waals surface area contributed by atoms with Crippen LogP contribution in [0.1, 0.15) is 5.56 Å². The summed E-state index contributed by atoms with van der Waals surface area (Å²) in [5.41, 5.74) is 1.25. The minimum atomic E-state index is -0.634. The summed E-state index contributed by atoms with van der Waals surface area (Å²) in [6.45, 7) is 0. The van der Waals surface area contributed by atoms with Crippen LogP contribution < -0.4 is 10.0 Å². The second kappa shape index (κ2) is 6.05. The fourth-order valence-corrected chi connectivity index (χ4v) is 3.53. The largest absolute Gasteiger partial charge is 0.497 e. The molecular weight excluding hydrogens is 251 g/mol. The standard InChI is InChI=1S/C14H14ClOP/c1-16-13-9-7-12(8-10-13)11-17(15)14-5-3-2-4-6-14/h2-10H,11H2,1H3. The zero-order chi connectivity index (χ0) is 12.1. The molecule has 2 rings (SSSR count). The lowest BCUT2D eigenvalue weighted by Gasteiger charge is -2.10. The molecule has 0 bridgehead atoms. The van der Waals surface area contributed by atoms with Gasteiger partial charge >= 0.3 is 0 Å². The zero-order valence-corrected chi connectivity index (χ0v) is 11.3. The van der Waals surface area contributed by atoms with Gasteiger partial charge in [0.1, 0.15) is 5.75 Å². The molecule has 2 aromatic rings. The Morgan fingerprint density at radius 2 is 1.65 bits per heavy atom. The number of methoxy groups -OCH3 is 1. The zero-order valence-electron chi connectivity index (χ0n) is 9.64. The first-order valence-corrected chi connectivity index (χ1v) is 7.84. The molecule has 0 aromatic heterocycles. The maximum absolute atomic E-state index is 6.45. The van der Waals surface area contributed by atoms with Crippen LogP contribution in [0.15, 0.2) is 54.6 Å². The molecule has 0 N–H and O–H groups in total. The summed E-state index contributed by atoms with van der Waals surface area (Å²) in [5, 5.41) is 1.22. The highest BCUT2D eigenvalue weighted by Crippen LogP contribution is 2.43. The van der Waals surface area contributed by atoms with Crippen molar-refractivity contribution < 1.29 is 4.74 Å². The molecular formula is C14H14ClOP. The average molecular weight is 265 g/mol. The van der Waals surface area contributed by atoms with Gasteiger partial charge in [-0.15, -0.1) is 0 Å². The van der Waals surface area contributed by atoms with Crippen LogP contribution in [-0.2, 0) is 6.16 Å². The molecule has 2 aromatic carbocycles. The number of ether oxygens (including phenoxy) is 1. The monoisotopic (exact) mass is 264 g/mol. The first-order chi connectivity index (χ1) is 8.29. The van der Waals surface area contributed by atoms with Crippen LogP contribution in [0.5, 0.6) is 5.75 Å². The van der Waals surface area contributed by atoms with E-state index < -0.39 is 7.27 Å². The summed E-state index contributed by atoms with van der Waals surface area (Å²) < 4.78 is 5.13. The van der Waals surface area contributed by atoms with Gasteiger partial charge in [0.25, 0.3) is 0 Å². The number of benzene rings is 2. The Kier molecular flexibility index (Phi) is 4.42. The molecule has 0 saturated heterocycles. The summed E-state index contributed by atoms with van der Waals surface area (Å²) in [6, 6.07) is 18.3. The highest BCUT2D eigenvalue weighted by Gasteiger charge is 2.08. The molecule has 0 heterocycles. The fraction of sp³-hybridized carbons (Fsp3) is 0.143. The first-order valence-electron chi connectivity index (χ1n) is 5.41. The molecule has 0 amide bonds. The van der Waals surface area contributed by atoms with E-state index in [9.17, 15) is 0 Å². The van der Waals surface area contributed by atoms with Gasteiger partial charge in [-0.25, -0.2) is 0 Å². The molecule has 1 unspecified atom stereocenters. The van der Waals surface area contributed by atoms with Crippen LogP contribution in [0.25, 0.3) is 0 Å². The van der Waals surface area contributed by atoms with Gasteiger partial charge in [0.2, 0.25) is 0 Å². The van der Waals surface area contributed by atoms with E-state index in [1.54, 1.807) is 7.11 Å². The maximum Gasteiger partial charge on any atom is 0.118 e. The Morgan fingerprint density at radius 1 is 1.00 bits per heavy atom. The van der Waals surface area contributed by atoms with Crippen LogP contribution in [-0.4, -0.2) is 7.11 Å². The Bertz CT molecular complexity index is 455. The number of hydrogen-bond donors (Lipinski definition) is 0. The van der Waals surface area contributed by atoms with E-state index in [1.807, 2.05) is 30.3 Å². The Labute approximate surface area is 108 Å². The molecule has 0 radical (unpaired) electrons. The molecule has 3 heteroatoms. The van der Waals surface area contributed by atoms with Crippen LogP contribution in [0.2, 0.25) is 0 Å². The third kappa shape index (κ3) is 3.46. The van der Waals surface area contributed by atoms with E-state index in [0.29, 0.717) is 0 Å². The predicted octanol–water partition coefficient (Wildman–Crippen LogP) is 4.16. The van der Waals surface area contributed by atoms with Crippen molar-refractivity contribution in [2.75, 3.05) is 7.11 Å². The van der Waals surface area contributed by atoms with E-state index in [2.05, 4.69) is 24.3 Å². The van der Waals surface area contributed by atoms with Crippen LogP contribution in [0.4, 0.5) is 0 Å². The van der Waals surface area contributed by atoms with Crippen LogP contribution in [0.3, 0.4) is 0 Å². The summed E-state index contributed by atoms with van der Waals surface area (Å²) >= 11 is 6.45. The lowest BCUT2D eigenvalue weighted by atomic mass is 10.2. The minimum Gasteiger partial charge on any atom is -0.497 e. The van der Waals surface area contributed by atoms with Gasteiger partial charge in [-0.1, -0.05) is 53.7 Å². The molecule has 0 spiro atoms. The van der Waals surface area contributed by atoms with E-state index in [4.69, 9.17) is 16.0 Å². The van der Waals surface area contributed by atoms with Gasteiger partial charge in [-0.05, 0) is 23.0 Å². The van der Waals surface area contributed by atoms with Crippen molar-refractivity contribution in [3.63, 3.8) is 0 Å². The first kappa shape index (κ1) is 12.4. The second-order valence-electron chi connectivity index (χ2n) is 3.70. The summed E-state index contributed by atoms with van der Waals surface area (Å²) in [7, 11) is 1.04. The summed E-state index contributed by atoms with van der Waals surface area (Å²) in [6.07, 6.45) is 0.894. The third-order valence-corrected chi connectivity index (χ3v) is 4.96. The van der Waals surface area contributed by atoms with Gasteiger partial charge < -0.3 is 4.74 Å². The van der Waals surface area contributed by atoms with Crippen LogP contribution in [0, 0.1) is 0 Å². The quantitative estimate of drug-likeness (QED) is 0.754. The lowest BCUT2D eigenvalue weighted by molar-refractivity contribution is 0.414. The molecule has 17 heavy (non-hydrogen) atoms. The number of rotatable bonds is 4. The Balaban J connectivity index is 2.05. The van der Waals surface area contributed by atoms with Gasteiger partial charge in [-0.2, -0.15) is 0 Å². The topological polar surface area (TPSA) is 9.23 Å². The SMILES string of the molecule is COc1ccc(CP(Cl)c2ccccc2)cc1. The highest BCUT2D eigenvalue weighted by molar-refractivity contribution is 7.89. The van der Waals surface area contributed by atoms with Gasteiger partial charge in [-0.3, -0.25) is 0 Å². The van der Waals surface area contributed by atoms with Gasteiger partial charge in [0.15, 0.2) is 0 Å². The summed E-state index contributed by atoms with van der Waals surface area (Å²) in [4.78, 5) is 0. The fourth-order valence-electron chi connectivity index (χ4n) is 1.57. The van der Waals surface area contributed by atoms with Gasteiger partial charge in [0, 0.05) is 13.4 Å². The smallest absolute Gasteiger partial charge is 0.118 e. The Morgan fingerprint density at radius 3 is 2.24 bits per heavy atom. The molecule has 1 atom stereocenters. The molecule has 1 nitrogen and oxygen atoms in total. The van der Waals surface area contributed by atoms with Gasteiger partial charge in [0.05, 0.1) is 7.11 Å². The van der Waals surface area contributed by atoms with Crippen molar-refractivity contribution in [3.8, 4) is 5.75 Å². The predicted molar refractivity (Wildman–Crippen MR) is 75.5 cm³/mol. The number of hydrogen-bond acceptors (Lipinski definition) is 1. The van der Waals surface area contributed by atoms with Crippen molar-refractivity contribution in [2.24, 2.45) is 0 Å². The van der Waals surface area contributed by atoms with E-state index in [1.165, 1.54) is 10.9 Å². The minimum absolute atomic E-state index is 0.634. The van der Waals surface area contributed by atoms with E-state index >= 15 is 0 Å². The summed E-state index contributed by atoms with van der Waals surface area (Å²) in [5.74, 6) is 0.882. The molecule has 0 saturated carbocycles. The molecule has 0 aliphatic carbocycles. The van der Waals surface area contributed by atoms with Crippen molar-refractivity contribution in [1.29, 1.82) is 0 Å². The molecule has 0 aliphatic heterocycles. The van der Waals surface area contributed by atoms with Crippen molar-refractivity contribution in [1.82, 2.24) is 0 Å². The molecule has 0 fully saturated rings. The molecule has 88 valence electrons.